The molecule has 7 heteroatoms. The molecule has 6 nitrogen and oxygen atoms in total. The number of carbonyl (C=O) groups excluding carboxylic acids is 1. The highest BCUT2D eigenvalue weighted by molar-refractivity contribution is 6.31. The van der Waals surface area contributed by atoms with Gasteiger partial charge in [0.05, 0.1) is 12.8 Å². The smallest absolute Gasteiger partial charge is 0.307 e. The van der Waals surface area contributed by atoms with Crippen molar-refractivity contribution < 1.29 is 19.1 Å². The second-order valence-electron chi connectivity index (χ2n) is 5.94. The maximum Gasteiger partial charge on any atom is 0.307 e. The van der Waals surface area contributed by atoms with Crippen LogP contribution >= 0.6 is 11.6 Å². The Morgan fingerprint density at radius 1 is 1.36 bits per heavy atom. The summed E-state index contributed by atoms with van der Waals surface area (Å²) >= 11 is 5.94. The molecule has 2 N–H and O–H groups in total. The fourth-order valence-corrected chi connectivity index (χ4v) is 2.87. The molecule has 144 valence electrons. The van der Waals surface area contributed by atoms with Crippen LogP contribution in [0.1, 0.15) is 28.6 Å². The third-order valence-electron chi connectivity index (χ3n) is 3.92. The fourth-order valence-electron chi connectivity index (χ4n) is 2.69. The highest BCUT2D eigenvalue weighted by Gasteiger charge is 2.12. The summed E-state index contributed by atoms with van der Waals surface area (Å²) in [4.78, 5) is 12.3. The van der Waals surface area contributed by atoms with Gasteiger partial charge in [0.1, 0.15) is 5.58 Å². The Morgan fingerprint density at radius 2 is 2.18 bits per heavy atom. The van der Waals surface area contributed by atoms with Crippen molar-refractivity contribution >= 4 is 34.7 Å². The number of hydrazone groups is 1. The minimum absolute atomic E-state index is 0.0730. The SMILES string of the molecule is C=CCc1cc(/C=N/NC(=O)c2cc3cc(Cl)ccc3o2)cc(OCC)c1O. The molecule has 28 heavy (non-hydrogen) atoms. The van der Waals surface area contributed by atoms with Crippen LogP contribution < -0.4 is 10.2 Å². The van der Waals surface area contributed by atoms with Crippen LogP contribution in [0.15, 0.2) is 58.6 Å². The van der Waals surface area contributed by atoms with Gasteiger partial charge in [-0.2, -0.15) is 5.10 Å². The molecule has 3 rings (SSSR count). The first-order chi connectivity index (χ1) is 13.5. The lowest BCUT2D eigenvalue weighted by Gasteiger charge is -2.10. The Morgan fingerprint density at radius 3 is 2.93 bits per heavy atom. The van der Waals surface area contributed by atoms with Crippen LogP contribution in [0.5, 0.6) is 11.5 Å². The Kier molecular flexibility index (Phi) is 6.01. The second-order valence-corrected chi connectivity index (χ2v) is 6.38. The molecule has 0 saturated carbocycles. The molecule has 0 bridgehead atoms. The molecule has 0 aliphatic rings. The average Bonchev–Trinajstić information content (AvgIpc) is 3.09. The van der Waals surface area contributed by atoms with E-state index >= 15 is 0 Å². The van der Waals surface area contributed by atoms with Crippen LogP contribution in [0.2, 0.25) is 5.02 Å². The summed E-state index contributed by atoms with van der Waals surface area (Å²) in [7, 11) is 0. The summed E-state index contributed by atoms with van der Waals surface area (Å²) in [5.41, 5.74) is 4.30. The topological polar surface area (TPSA) is 84.1 Å². The van der Waals surface area contributed by atoms with Gasteiger partial charge in [-0.15, -0.1) is 6.58 Å². The summed E-state index contributed by atoms with van der Waals surface area (Å²) in [6, 6.07) is 10.1. The zero-order valence-corrected chi connectivity index (χ0v) is 16.0. The molecule has 0 fully saturated rings. The molecule has 1 heterocycles. The van der Waals surface area contributed by atoms with Gasteiger partial charge in [-0.1, -0.05) is 17.7 Å². The Labute approximate surface area is 167 Å². The number of fused-ring (bicyclic) bond motifs is 1. The monoisotopic (exact) mass is 398 g/mol. The molecule has 1 amide bonds. The molecule has 3 aromatic rings. The van der Waals surface area contributed by atoms with Gasteiger partial charge in [-0.05, 0) is 55.3 Å². The first kappa shape index (κ1) is 19.5. The van der Waals surface area contributed by atoms with E-state index in [1.807, 2.05) is 6.92 Å². The van der Waals surface area contributed by atoms with Crippen molar-refractivity contribution in [3.8, 4) is 11.5 Å². The van der Waals surface area contributed by atoms with E-state index in [1.165, 1.54) is 6.21 Å². The van der Waals surface area contributed by atoms with E-state index in [1.54, 1.807) is 42.5 Å². The predicted molar refractivity (Wildman–Crippen MR) is 109 cm³/mol. The molecule has 0 saturated heterocycles. The van der Waals surface area contributed by atoms with Crippen LogP contribution in [0.3, 0.4) is 0 Å². The van der Waals surface area contributed by atoms with E-state index in [4.69, 9.17) is 20.8 Å². The van der Waals surface area contributed by atoms with Gasteiger partial charge < -0.3 is 14.3 Å². The maximum absolute atomic E-state index is 12.3. The van der Waals surface area contributed by atoms with Gasteiger partial charge >= 0.3 is 5.91 Å². The molecule has 0 radical (unpaired) electrons. The lowest BCUT2D eigenvalue weighted by molar-refractivity contribution is 0.0929. The van der Waals surface area contributed by atoms with Crippen molar-refractivity contribution in [1.29, 1.82) is 0 Å². The highest BCUT2D eigenvalue weighted by atomic mass is 35.5. The first-order valence-corrected chi connectivity index (χ1v) is 9.01. The molecule has 2 aromatic carbocycles. The highest BCUT2D eigenvalue weighted by Crippen LogP contribution is 2.32. The predicted octanol–water partition coefficient (Wildman–Crippen LogP) is 4.68. The number of hydrogen-bond acceptors (Lipinski definition) is 5. The van der Waals surface area contributed by atoms with Crippen molar-refractivity contribution in [2.24, 2.45) is 5.10 Å². The largest absolute Gasteiger partial charge is 0.504 e. The molecule has 0 aliphatic carbocycles. The third kappa shape index (κ3) is 4.35. The van der Waals surface area contributed by atoms with Crippen molar-refractivity contribution in [2.45, 2.75) is 13.3 Å². The number of carbonyl (C=O) groups is 1. The summed E-state index contributed by atoms with van der Waals surface area (Å²) in [5.74, 6) is 0.0637. The van der Waals surface area contributed by atoms with Crippen molar-refractivity contribution in [2.75, 3.05) is 6.61 Å². The molecular formula is C21H19ClN2O4. The Bertz CT molecular complexity index is 1060. The number of furan rings is 1. The van der Waals surface area contributed by atoms with Gasteiger partial charge in [0.25, 0.3) is 0 Å². The van der Waals surface area contributed by atoms with E-state index in [9.17, 15) is 9.90 Å². The lowest BCUT2D eigenvalue weighted by Crippen LogP contribution is -2.16. The van der Waals surface area contributed by atoms with Crippen molar-refractivity contribution in [1.82, 2.24) is 5.43 Å². The van der Waals surface area contributed by atoms with E-state index in [0.717, 1.165) is 5.39 Å². The normalized spacial score (nSPS) is 11.1. The first-order valence-electron chi connectivity index (χ1n) is 8.64. The Balaban J connectivity index is 1.77. The van der Waals surface area contributed by atoms with E-state index in [2.05, 4.69) is 17.1 Å². The number of nitrogens with one attached hydrogen (secondary N) is 1. The Hall–Kier alpha value is -3.25. The lowest BCUT2D eigenvalue weighted by atomic mass is 10.1. The van der Waals surface area contributed by atoms with Crippen LogP contribution in [0.4, 0.5) is 0 Å². The minimum atomic E-state index is -0.487. The molecule has 0 spiro atoms. The standard InChI is InChI=1S/C21H19ClN2O4/c1-3-5-14-8-13(9-18(20(14)25)27-4-2)12-23-24-21(26)19-11-15-10-16(22)6-7-17(15)28-19/h3,6-12,25H,1,4-5H2,2H3,(H,24,26)/b23-12+. The second kappa shape index (κ2) is 8.63. The number of nitrogens with zero attached hydrogens (tertiary/aromatic N) is 1. The fraction of sp³-hybridized carbons (Fsp3) is 0.143. The number of amides is 1. The summed E-state index contributed by atoms with van der Waals surface area (Å²) in [6.45, 7) is 5.92. The van der Waals surface area contributed by atoms with Crippen LogP contribution in [0, 0.1) is 0 Å². The zero-order chi connectivity index (χ0) is 20.1. The zero-order valence-electron chi connectivity index (χ0n) is 15.2. The van der Waals surface area contributed by atoms with E-state index < -0.39 is 5.91 Å². The number of hydrogen-bond donors (Lipinski definition) is 2. The minimum Gasteiger partial charge on any atom is -0.504 e. The molecule has 0 aliphatic heterocycles. The van der Waals surface area contributed by atoms with Crippen LogP contribution in [-0.4, -0.2) is 23.8 Å². The van der Waals surface area contributed by atoms with E-state index in [-0.39, 0.29) is 11.5 Å². The van der Waals surface area contributed by atoms with Crippen molar-refractivity contribution in [3.63, 3.8) is 0 Å². The average molecular weight is 399 g/mol. The number of benzene rings is 2. The number of phenolic OH excluding ortho intramolecular Hbond substituents is 1. The maximum atomic E-state index is 12.3. The number of allylic oxidation sites excluding steroid dienone is 1. The van der Waals surface area contributed by atoms with Gasteiger partial charge in [0.15, 0.2) is 17.3 Å². The summed E-state index contributed by atoms with van der Waals surface area (Å²) in [6.07, 6.45) is 3.62. The van der Waals surface area contributed by atoms with Gasteiger partial charge in [0, 0.05) is 16.0 Å². The van der Waals surface area contributed by atoms with Crippen LogP contribution in [-0.2, 0) is 6.42 Å². The van der Waals surface area contributed by atoms with Crippen LogP contribution in [0.25, 0.3) is 11.0 Å². The molecule has 0 unspecified atom stereocenters. The quantitative estimate of drug-likeness (QED) is 0.343. The van der Waals surface area contributed by atoms with Gasteiger partial charge in [-0.3, -0.25) is 4.79 Å². The molecular weight excluding hydrogens is 380 g/mol. The summed E-state index contributed by atoms with van der Waals surface area (Å²) in [5, 5.41) is 15.5. The van der Waals surface area contributed by atoms with E-state index in [0.29, 0.717) is 40.5 Å². The third-order valence-corrected chi connectivity index (χ3v) is 4.16. The number of aromatic hydroxyl groups is 1. The molecule has 0 atom stereocenters. The van der Waals surface area contributed by atoms with Crippen molar-refractivity contribution in [3.05, 3.63) is 71.0 Å². The van der Waals surface area contributed by atoms with Gasteiger partial charge in [0.2, 0.25) is 0 Å². The number of halogens is 1. The summed E-state index contributed by atoms with van der Waals surface area (Å²) < 4.78 is 10.9. The number of phenols is 1. The van der Waals surface area contributed by atoms with Gasteiger partial charge in [-0.25, -0.2) is 5.43 Å². The number of rotatable bonds is 7. The molecule has 1 aromatic heterocycles. The number of ether oxygens (including phenoxy) is 1.